The molecular formula is C19H29ClN2O. The largest absolute Gasteiger partial charge is 0.338 e. The van der Waals surface area contributed by atoms with Crippen molar-refractivity contribution in [3.63, 3.8) is 0 Å². The molecule has 2 aliphatic rings. The topological polar surface area (TPSA) is 32.3 Å². The van der Waals surface area contributed by atoms with Crippen LogP contribution in [-0.4, -0.2) is 36.5 Å². The van der Waals surface area contributed by atoms with Crippen molar-refractivity contribution in [2.24, 2.45) is 5.92 Å². The van der Waals surface area contributed by atoms with Crippen molar-refractivity contribution in [2.45, 2.75) is 51.5 Å². The van der Waals surface area contributed by atoms with Crippen LogP contribution < -0.4 is 5.32 Å². The Morgan fingerprint density at radius 2 is 1.96 bits per heavy atom. The van der Waals surface area contributed by atoms with E-state index in [1.807, 2.05) is 0 Å². The average molecular weight is 337 g/mol. The number of fused-ring (bicyclic) bond motifs is 1. The Hall–Kier alpha value is -1.06. The summed E-state index contributed by atoms with van der Waals surface area (Å²) in [7, 11) is 0. The number of aryl methyl sites for hydroxylation is 1. The summed E-state index contributed by atoms with van der Waals surface area (Å²) in [4.78, 5) is 14.7. The molecule has 23 heavy (non-hydrogen) atoms. The summed E-state index contributed by atoms with van der Waals surface area (Å²) < 4.78 is 0. The first-order valence-corrected chi connectivity index (χ1v) is 8.85. The SMILES string of the molecule is CCCN(C(=O)CNCC1CC1)C1CCc2ccccc2C1.Cl. The number of carbonyl (C=O) groups is 1. The van der Waals surface area contributed by atoms with Gasteiger partial charge in [0.05, 0.1) is 6.54 Å². The fourth-order valence-electron chi connectivity index (χ4n) is 3.50. The van der Waals surface area contributed by atoms with Crippen LogP contribution in [-0.2, 0) is 17.6 Å². The summed E-state index contributed by atoms with van der Waals surface area (Å²) in [5.74, 6) is 1.11. The number of benzene rings is 1. The first kappa shape index (κ1) is 18.3. The maximum absolute atomic E-state index is 12.6. The van der Waals surface area contributed by atoms with Gasteiger partial charge in [0.25, 0.3) is 0 Å². The number of carbonyl (C=O) groups excluding carboxylic acids is 1. The number of nitrogens with one attached hydrogen (secondary N) is 1. The Morgan fingerprint density at radius 3 is 2.65 bits per heavy atom. The molecule has 0 radical (unpaired) electrons. The van der Waals surface area contributed by atoms with Gasteiger partial charge in [-0.05, 0) is 62.1 Å². The van der Waals surface area contributed by atoms with E-state index in [-0.39, 0.29) is 18.3 Å². The van der Waals surface area contributed by atoms with Gasteiger partial charge in [-0.3, -0.25) is 4.79 Å². The second-order valence-corrected chi connectivity index (χ2v) is 6.83. The highest BCUT2D eigenvalue weighted by molar-refractivity contribution is 5.85. The maximum Gasteiger partial charge on any atom is 0.236 e. The van der Waals surface area contributed by atoms with Gasteiger partial charge in [0.2, 0.25) is 5.91 Å². The van der Waals surface area contributed by atoms with Crippen LogP contribution in [0, 0.1) is 5.92 Å². The third kappa shape index (κ3) is 4.95. The second kappa shape index (κ2) is 8.70. The molecule has 4 heteroatoms. The summed E-state index contributed by atoms with van der Waals surface area (Å²) in [5, 5.41) is 3.35. The van der Waals surface area contributed by atoms with Gasteiger partial charge in [0, 0.05) is 12.6 Å². The van der Waals surface area contributed by atoms with E-state index in [0.29, 0.717) is 12.6 Å². The molecule has 3 nitrogen and oxygen atoms in total. The van der Waals surface area contributed by atoms with Gasteiger partial charge in [-0.1, -0.05) is 31.2 Å². The van der Waals surface area contributed by atoms with E-state index in [4.69, 9.17) is 0 Å². The highest BCUT2D eigenvalue weighted by atomic mass is 35.5. The predicted octanol–water partition coefficient (Wildman–Crippen LogP) is 3.20. The van der Waals surface area contributed by atoms with E-state index in [1.54, 1.807) is 0 Å². The summed E-state index contributed by atoms with van der Waals surface area (Å²) in [6.07, 6.45) is 6.92. The Balaban J connectivity index is 0.00000192. The lowest BCUT2D eigenvalue weighted by Gasteiger charge is -2.35. The first-order chi connectivity index (χ1) is 10.8. The molecule has 1 fully saturated rings. The molecule has 0 saturated heterocycles. The lowest BCUT2D eigenvalue weighted by Crippen LogP contribution is -2.47. The third-order valence-electron chi connectivity index (χ3n) is 4.95. The van der Waals surface area contributed by atoms with Crippen molar-refractivity contribution in [3.8, 4) is 0 Å². The highest BCUT2D eigenvalue weighted by Gasteiger charge is 2.27. The van der Waals surface area contributed by atoms with Crippen LogP contribution in [0.4, 0.5) is 0 Å². The van der Waals surface area contributed by atoms with Crippen LogP contribution in [0.1, 0.15) is 43.7 Å². The van der Waals surface area contributed by atoms with E-state index >= 15 is 0 Å². The van der Waals surface area contributed by atoms with Gasteiger partial charge in [0.1, 0.15) is 0 Å². The molecular weight excluding hydrogens is 308 g/mol. The van der Waals surface area contributed by atoms with Crippen molar-refractivity contribution < 1.29 is 4.79 Å². The molecule has 0 bridgehead atoms. The normalized spacial score (nSPS) is 19.6. The molecule has 0 aliphatic heterocycles. The number of rotatable bonds is 7. The van der Waals surface area contributed by atoms with Crippen LogP contribution in [0.15, 0.2) is 24.3 Å². The summed E-state index contributed by atoms with van der Waals surface area (Å²) in [5.41, 5.74) is 2.90. The number of hydrogen-bond acceptors (Lipinski definition) is 2. The Labute approximate surface area is 146 Å². The van der Waals surface area contributed by atoms with Gasteiger partial charge >= 0.3 is 0 Å². The van der Waals surface area contributed by atoms with Gasteiger partial charge < -0.3 is 10.2 Å². The molecule has 1 unspecified atom stereocenters. The summed E-state index contributed by atoms with van der Waals surface area (Å²) >= 11 is 0. The molecule has 1 aromatic carbocycles. The predicted molar refractivity (Wildman–Crippen MR) is 97.1 cm³/mol. The number of halogens is 1. The second-order valence-electron chi connectivity index (χ2n) is 6.83. The molecule has 1 N–H and O–H groups in total. The molecule has 0 aromatic heterocycles. The minimum Gasteiger partial charge on any atom is -0.338 e. The van der Waals surface area contributed by atoms with Crippen LogP contribution in [0.3, 0.4) is 0 Å². The van der Waals surface area contributed by atoms with E-state index in [2.05, 4.69) is 41.4 Å². The Bertz CT molecular complexity index is 516. The van der Waals surface area contributed by atoms with Crippen molar-refractivity contribution in [1.29, 1.82) is 0 Å². The molecule has 3 rings (SSSR count). The van der Waals surface area contributed by atoms with Crippen molar-refractivity contribution >= 4 is 18.3 Å². The lowest BCUT2D eigenvalue weighted by molar-refractivity contribution is -0.132. The van der Waals surface area contributed by atoms with Crippen molar-refractivity contribution in [3.05, 3.63) is 35.4 Å². The molecule has 0 heterocycles. The molecule has 1 amide bonds. The maximum atomic E-state index is 12.6. The van der Waals surface area contributed by atoms with Crippen LogP contribution in [0.2, 0.25) is 0 Å². The number of hydrogen-bond donors (Lipinski definition) is 1. The average Bonchev–Trinajstić information content (AvgIpc) is 3.36. The van der Waals surface area contributed by atoms with Gasteiger partial charge in [0.15, 0.2) is 0 Å². The highest BCUT2D eigenvalue weighted by Crippen LogP contribution is 2.27. The molecule has 1 atom stereocenters. The zero-order valence-electron chi connectivity index (χ0n) is 14.1. The van der Waals surface area contributed by atoms with Crippen LogP contribution in [0.5, 0.6) is 0 Å². The fraction of sp³-hybridized carbons (Fsp3) is 0.632. The number of nitrogens with zero attached hydrogens (tertiary/aromatic N) is 1. The summed E-state index contributed by atoms with van der Waals surface area (Å²) in [6.45, 7) is 4.57. The first-order valence-electron chi connectivity index (χ1n) is 8.85. The quantitative estimate of drug-likeness (QED) is 0.829. The third-order valence-corrected chi connectivity index (χ3v) is 4.95. The van der Waals surface area contributed by atoms with Crippen molar-refractivity contribution in [2.75, 3.05) is 19.6 Å². The fourth-order valence-corrected chi connectivity index (χ4v) is 3.50. The molecule has 1 saturated carbocycles. The standard InChI is InChI=1S/C19H28N2O.ClH/c1-2-11-21(19(22)14-20-13-15-7-8-15)18-10-9-16-5-3-4-6-17(16)12-18;/h3-6,15,18,20H,2,7-14H2,1H3;1H. The van der Waals surface area contributed by atoms with E-state index in [0.717, 1.165) is 44.7 Å². The van der Waals surface area contributed by atoms with Crippen molar-refractivity contribution in [1.82, 2.24) is 10.2 Å². The smallest absolute Gasteiger partial charge is 0.236 e. The molecule has 128 valence electrons. The van der Waals surface area contributed by atoms with E-state index < -0.39 is 0 Å². The Kier molecular flexibility index (Phi) is 6.91. The monoisotopic (exact) mass is 336 g/mol. The minimum atomic E-state index is 0. The van der Waals surface area contributed by atoms with Crippen LogP contribution in [0.25, 0.3) is 0 Å². The van der Waals surface area contributed by atoms with E-state index in [9.17, 15) is 4.79 Å². The van der Waals surface area contributed by atoms with Gasteiger partial charge in [-0.2, -0.15) is 0 Å². The Morgan fingerprint density at radius 1 is 1.22 bits per heavy atom. The molecule has 1 aromatic rings. The van der Waals surface area contributed by atoms with Crippen LogP contribution >= 0.6 is 12.4 Å². The molecule has 2 aliphatic carbocycles. The molecule has 0 spiro atoms. The van der Waals surface area contributed by atoms with Gasteiger partial charge in [-0.15, -0.1) is 12.4 Å². The number of amides is 1. The van der Waals surface area contributed by atoms with Gasteiger partial charge in [-0.25, -0.2) is 0 Å². The lowest BCUT2D eigenvalue weighted by atomic mass is 9.87. The summed E-state index contributed by atoms with van der Waals surface area (Å²) in [6, 6.07) is 9.07. The minimum absolute atomic E-state index is 0. The zero-order chi connectivity index (χ0) is 15.4. The zero-order valence-corrected chi connectivity index (χ0v) is 14.9. The van der Waals surface area contributed by atoms with E-state index in [1.165, 1.54) is 24.0 Å².